The minimum absolute atomic E-state index is 0.609. The van der Waals surface area contributed by atoms with E-state index >= 15 is 0 Å². The molecule has 1 fully saturated rings. The molecule has 1 saturated heterocycles. The first-order valence-electron chi connectivity index (χ1n) is 4.06. The summed E-state index contributed by atoms with van der Waals surface area (Å²) < 4.78 is 2.19. The van der Waals surface area contributed by atoms with Crippen molar-refractivity contribution in [3.63, 3.8) is 0 Å². The van der Waals surface area contributed by atoms with E-state index in [9.17, 15) is 0 Å². The first-order chi connectivity index (χ1) is 5.38. The Morgan fingerprint density at radius 2 is 2.45 bits per heavy atom. The summed E-state index contributed by atoms with van der Waals surface area (Å²) >= 11 is 0. The van der Waals surface area contributed by atoms with Crippen molar-refractivity contribution in [3.8, 4) is 0 Å². The van der Waals surface area contributed by atoms with Gasteiger partial charge in [0.1, 0.15) is 0 Å². The average Bonchev–Trinajstić information content (AvgIpc) is 2.55. The number of nitrogens with one attached hydrogen (secondary N) is 1. The molecule has 2 rings (SSSR count). The van der Waals surface area contributed by atoms with E-state index in [4.69, 9.17) is 0 Å². The van der Waals surface area contributed by atoms with E-state index in [0.29, 0.717) is 6.04 Å². The third-order valence-corrected chi connectivity index (χ3v) is 2.38. The fourth-order valence-electron chi connectivity index (χ4n) is 1.66. The lowest BCUT2D eigenvalue weighted by Crippen LogP contribution is -2.14. The van der Waals surface area contributed by atoms with Crippen molar-refractivity contribution in [1.29, 1.82) is 0 Å². The fraction of sp³-hybridized carbons (Fsp3) is 0.625. The van der Waals surface area contributed by atoms with Crippen LogP contribution in [0.1, 0.15) is 13.0 Å². The topological polar surface area (TPSA) is 29.9 Å². The zero-order valence-electron chi connectivity index (χ0n) is 6.70. The highest BCUT2D eigenvalue weighted by molar-refractivity contribution is 4.88. The van der Waals surface area contributed by atoms with Gasteiger partial charge in [0.25, 0.3) is 0 Å². The second-order valence-electron chi connectivity index (χ2n) is 3.21. The zero-order chi connectivity index (χ0) is 7.68. The van der Waals surface area contributed by atoms with Crippen LogP contribution < -0.4 is 5.32 Å². The van der Waals surface area contributed by atoms with Crippen LogP contribution in [0.2, 0.25) is 0 Å². The predicted molar refractivity (Wildman–Crippen MR) is 43.3 cm³/mol. The van der Waals surface area contributed by atoms with E-state index in [1.54, 1.807) is 0 Å². The lowest BCUT2D eigenvalue weighted by Gasteiger charge is -2.14. The van der Waals surface area contributed by atoms with Crippen molar-refractivity contribution >= 4 is 0 Å². The Morgan fingerprint density at radius 3 is 3.00 bits per heavy atom. The van der Waals surface area contributed by atoms with Crippen LogP contribution in [-0.2, 0) is 0 Å². The second-order valence-corrected chi connectivity index (χ2v) is 3.21. The number of hydrogen-bond donors (Lipinski definition) is 1. The summed E-state index contributed by atoms with van der Waals surface area (Å²) in [6.45, 7) is 4.48. The Kier molecular flexibility index (Phi) is 1.66. The summed E-state index contributed by atoms with van der Waals surface area (Å²) in [6, 6.07) is 0.609. The molecule has 0 aromatic carbocycles. The molecule has 0 saturated carbocycles. The van der Waals surface area contributed by atoms with Crippen molar-refractivity contribution in [1.82, 2.24) is 14.9 Å². The first-order valence-corrected chi connectivity index (χ1v) is 4.06. The molecule has 2 atom stereocenters. The van der Waals surface area contributed by atoms with Crippen LogP contribution in [0.3, 0.4) is 0 Å². The molecule has 0 aliphatic carbocycles. The number of hydrogen-bond acceptors (Lipinski definition) is 2. The number of aromatic nitrogens is 2. The van der Waals surface area contributed by atoms with Crippen LogP contribution in [0.15, 0.2) is 18.7 Å². The molecule has 1 aliphatic heterocycles. The Morgan fingerprint density at radius 1 is 1.55 bits per heavy atom. The summed E-state index contributed by atoms with van der Waals surface area (Å²) in [5.74, 6) is 0.726. The second kappa shape index (κ2) is 2.66. The summed E-state index contributed by atoms with van der Waals surface area (Å²) in [5, 5.41) is 3.36. The zero-order valence-corrected chi connectivity index (χ0v) is 6.70. The van der Waals surface area contributed by atoms with Gasteiger partial charge in [-0.2, -0.15) is 0 Å². The highest BCUT2D eigenvalue weighted by Crippen LogP contribution is 2.20. The van der Waals surface area contributed by atoms with Crippen LogP contribution in [0, 0.1) is 5.92 Å². The lowest BCUT2D eigenvalue weighted by atomic mass is 10.1. The van der Waals surface area contributed by atoms with E-state index in [1.807, 2.05) is 18.7 Å². The summed E-state index contributed by atoms with van der Waals surface area (Å²) in [4.78, 5) is 4.04. The molecule has 2 heterocycles. The molecular formula is C8H13N3. The van der Waals surface area contributed by atoms with Gasteiger partial charge in [-0.1, -0.05) is 6.92 Å². The molecule has 60 valence electrons. The van der Waals surface area contributed by atoms with Crippen molar-refractivity contribution in [2.24, 2.45) is 5.92 Å². The van der Waals surface area contributed by atoms with Gasteiger partial charge in [-0.25, -0.2) is 4.98 Å². The number of rotatable bonds is 1. The molecule has 1 aromatic heterocycles. The molecule has 11 heavy (non-hydrogen) atoms. The van der Waals surface area contributed by atoms with Crippen LogP contribution in [-0.4, -0.2) is 22.6 Å². The van der Waals surface area contributed by atoms with Crippen molar-refractivity contribution < 1.29 is 0 Å². The fourth-order valence-corrected chi connectivity index (χ4v) is 1.66. The predicted octanol–water partition coefficient (Wildman–Crippen LogP) is 0.663. The van der Waals surface area contributed by atoms with E-state index in [1.165, 1.54) is 0 Å². The van der Waals surface area contributed by atoms with Crippen LogP contribution >= 0.6 is 0 Å². The molecule has 0 amide bonds. The number of nitrogens with zero attached hydrogens (tertiary/aromatic N) is 2. The standard InChI is InChI=1S/C8H13N3/c1-7-4-10-5-8(7)11-3-2-9-6-11/h2-3,6-8,10H,4-5H2,1H3/t7-,8+/m1/s1. The van der Waals surface area contributed by atoms with E-state index < -0.39 is 0 Å². The summed E-state index contributed by atoms with van der Waals surface area (Å²) in [6.07, 6.45) is 5.77. The quantitative estimate of drug-likeness (QED) is 0.639. The van der Waals surface area contributed by atoms with E-state index in [-0.39, 0.29) is 0 Å². The minimum atomic E-state index is 0.609. The van der Waals surface area contributed by atoms with Crippen LogP contribution in [0.25, 0.3) is 0 Å². The highest BCUT2D eigenvalue weighted by Gasteiger charge is 2.23. The van der Waals surface area contributed by atoms with Gasteiger partial charge in [0.15, 0.2) is 0 Å². The Labute approximate surface area is 66.4 Å². The maximum Gasteiger partial charge on any atom is 0.0949 e. The van der Waals surface area contributed by atoms with Gasteiger partial charge in [0, 0.05) is 18.9 Å². The molecule has 3 nitrogen and oxygen atoms in total. The van der Waals surface area contributed by atoms with Gasteiger partial charge in [-0.3, -0.25) is 0 Å². The molecule has 0 unspecified atom stereocenters. The van der Waals surface area contributed by atoms with E-state index in [0.717, 1.165) is 19.0 Å². The average molecular weight is 151 g/mol. The largest absolute Gasteiger partial charge is 0.333 e. The van der Waals surface area contributed by atoms with Gasteiger partial charge in [0.05, 0.1) is 12.4 Å². The van der Waals surface area contributed by atoms with Crippen LogP contribution in [0.4, 0.5) is 0 Å². The smallest absolute Gasteiger partial charge is 0.0949 e. The molecule has 1 N–H and O–H groups in total. The third-order valence-electron chi connectivity index (χ3n) is 2.38. The Bertz CT molecular complexity index is 217. The van der Waals surface area contributed by atoms with Crippen molar-refractivity contribution in [2.75, 3.05) is 13.1 Å². The minimum Gasteiger partial charge on any atom is -0.333 e. The molecule has 3 heteroatoms. The number of imidazole rings is 1. The van der Waals surface area contributed by atoms with E-state index in [2.05, 4.69) is 21.8 Å². The molecule has 1 aromatic rings. The molecule has 0 spiro atoms. The molecule has 1 aliphatic rings. The monoisotopic (exact) mass is 151 g/mol. The SMILES string of the molecule is C[C@@H]1CNC[C@@H]1n1ccnc1. The van der Waals surface area contributed by atoms with Crippen LogP contribution in [0.5, 0.6) is 0 Å². The maximum absolute atomic E-state index is 4.04. The normalized spacial score (nSPS) is 31.0. The van der Waals surface area contributed by atoms with Gasteiger partial charge in [-0.15, -0.1) is 0 Å². The third kappa shape index (κ3) is 1.16. The molecule has 0 radical (unpaired) electrons. The molecular weight excluding hydrogens is 138 g/mol. The maximum atomic E-state index is 4.04. The van der Waals surface area contributed by atoms with Gasteiger partial charge >= 0.3 is 0 Å². The van der Waals surface area contributed by atoms with Gasteiger partial charge < -0.3 is 9.88 Å². The summed E-state index contributed by atoms with van der Waals surface area (Å²) in [7, 11) is 0. The Balaban J connectivity index is 2.16. The molecule has 0 bridgehead atoms. The van der Waals surface area contributed by atoms with Crippen molar-refractivity contribution in [3.05, 3.63) is 18.7 Å². The first kappa shape index (κ1) is 6.85. The van der Waals surface area contributed by atoms with Gasteiger partial charge in [0.2, 0.25) is 0 Å². The Hall–Kier alpha value is -0.830. The van der Waals surface area contributed by atoms with Crippen molar-refractivity contribution in [2.45, 2.75) is 13.0 Å². The highest BCUT2D eigenvalue weighted by atomic mass is 15.1. The lowest BCUT2D eigenvalue weighted by molar-refractivity contribution is 0.437. The van der Waals surface area contributed by atoms with Gasteiger partial charge in [-0.05, 0) is 12.5 Å². The summed E-state index contributed by atoms with van der Waals surface area (Å²) in [5.41, 5.74) is 0.